The molecule has 0 fully saturated rings. The molecule has 0 spiro atoms. The number of nitrogens with zero attached hydrogens (tertiary/aromatic N) is 1. The maximum absolute atomic E-state index is 10.9. The molecular formula is C6H8BrNO2S2. The monoisotopic (exact) mass is 269 g/mol. The fourth-order valence-corrected chi connectivity index (χ4v) is 3.16. The van der Waals surface area contributed by atoms with Crippen molar-refractivity contribution in [2.75, 3.05) is 6.26 Å². The van der Waals surface area contributed by atoms with E-state index in [2.05, 4.69) is 20.9 Å². The van der Waals surface area contributed by atoms with Gasteiger partial charge in [0.15, 0.2) is 9.84 Å². The molecule has 1 heterocycles. The molecule has 1 rings (SSSR count). The van der Waals surface area contributed by atoms with Crippen LogP contribution in [0.3, 0.4) is 0 Å². The van der Waals surface area contributed by atoms with Crippen molar-refractivity contribution in [1.29, 1.82) is 0 Å². The van der Waals surface area contributed by atoms with Crippen LogP contribution in [0.1, 0.15) is 9.88 Å². The summed E-state index contributed by atoms with van der Waals surface area (Å²) in [7, 11) is -2.94. The minimum Gasteiger partial charge on any atom is -0.248 e. The number of aromatic nitrogens is 1. The molecule has 0 saturated carbocycles. The largest absolute Gasteiger partial charge is 0.248 e. The Kier molecular flexibility index (Phi) is 3.25. The third-order valence-corrected chi connectivity index (χ3v) is 4.07. The van der Waals surface area contributed by atoms with Crippen LogP contribution >= 0.6 is 27.3 Å². The second-order valence-corrected chi connectivity index (χ2v) is 6.32. The molecule has 0 N–H and O–H groups in total. The molecule has 3 nitrogen and oxygen atoms in total. The maximum Gasteiger partial charge on any atom is 0.153 e. The van der Waals surface area contributed by atoms with Gasteiger partial charge in [0, 0.05) is 22.7 Å². The molecular weight excluding hydrogens is 262 g/mol. The maximum atomic E-state index is 10.9. The van der Waals surface area contributed by atoms with Crippen molar-refractivity contribution in [3.63, 3.8) is 0 Å². The van der Waals surface area contributed by atoms with Crippen LogP contribution < -0.4 is 0 Å². The van der Waals surface area contributed by atoms with E-state index in [9.17, 15) is 8.42 Å². The lowest BCUT2D eigenvalue weighted by atomic mass is 10.6. The van der Waals surface area contributed by atoms with Gasteiger partial charge in [-0.2, -0.15) is 0 Å². The van der Waals surface area contributed by atoms with Crippen LogP contribution in [0.5, 0.6) is 0 Å². The SMILES string of the molecule is CS(=O)(=O)Cc1ncc(CBr)s1. The molecule has 68 valence electrons. The van der Waals surface area contributed by atoms with Crippen LogP contribution in [0.15, 0.2) is 6.20 Å². The van der Waals surface area contributed by atoms with E-state index in [4.69, 9.17) is 0 Å². The molecule has 0 aromatic carbocycles. The number of hydrogen-bond acceptors (Lipinski definition) is 4. The molecule has 12 heavy (non-hydrogen) atoms. The van der Waals surface area contributed by atoms with E-state index < -0.39 is 9.84 Å². The molecule has 0 radical (unpaired) electrons. The van der Waals surface area contributed by atoms with E-state index in [0.717, 1.165) is 10.2 Å². The van der Waals surface area contributed by atoms with Gasteiger partial charge in [-0.25, -0.2) is 13.4 Å². The van der Waals surface area contributed by atoms with Gasteiger partial charge in [-0.3, -0.25) is 0 Å². The van der Waals surface area contributed by atoms with Crippen molar-refractivity contribution in [2.24, 2.45) is 0 Å². The van der Waals surface area contributed by atoms with Gasteiger partial charge < -0.3 is 0 Å². The van der Waals surface area contributed by atoms with Crippen molar-refractivity contribution in [3.8, 4) is 0 Å². The van der Waals surface area contributed by atoms with E-state index in [1.54, 1.807) is 6.20 Å². The molecule has 0 unspecified atom stereocenters. The molecule has 0 aliphatic carbocycles. The first kappa shape index (κ1) is 10.1. The Bertz CT molecular complexity index is 357. The van der Waals surface area contributed by atoms with Crippen LogP contribution in [-0.2, 0) is 20.9 Å². The van der Waals surface area contributed by atoms with Crippen molar-refractivity contribution >= 4 is 37.1 Å². The Morgan fingerprint density at radius 1 is 1.67 bits per heavy atom. The van der Waals surface area contributed by atoms with Gasteiger partial charge in [-0.1, -0.05) is 15.9 Å². The quantitative estimate of drug-likeness (QED) is 0.783. The Hall–Kier alpha value is 0.0600. The summed E-state index contributed by atoms with van der Waals surface area (Å²) < 4.78 is 21.7. The summed E-state index contributed by atoms with van der Waals surface area (Å²) in [5.74, 6) is 0.0463. The predicted molar refractivity (Wildman–Crippen MR) is 53.3 cm³/mol. The predicted octanol–water partition coefficient (Wildman–Crippen LogP) is 1.58. The average Bonchev–Trinajstić information content (AvgIpc) is 2.32. The highest BCUT2D eigenvalue weighted by molar-refractivity contribution is 9.08. The standard InChI is InChI=1S/C6H8BrNO2S2/c1-12(9,10)4-6-8-3-5(2-7)11-6/h3H,2,4H2,1H3. The zero-order valence-corrected chi connectivity index (χ0v) is 9.67. The van der Waals surface area contributed by atoms with Crippen LogP contribution in [0, 0.1) is 0 Å². The lowest BCUT2D eigenvalue weighted by Crippen LogP contribution is -1.99. The minimum atomic E-state index is -2.94. The molecule has 0 saturated heterocycles. The smallest absolute Gasteiger partial charge is 0.153 e. The van der Waals surface area contributed by atoms with Gasteiger partial charge in [0.05, 0.1) is 0 Å². The third kappa shape index (κ3) is 3.20. The van der Waals surface area contributed by atoms with Gasteiger partial charge >= 0.3 is 0 Å². The van der Waals surface area contributed by atoms with Crippen molar-refractivity contribution in [3.05, 3.63) is 16.1 Å². The average molecular weight is 270 g/mol. The van der Waals surface area contributed by atoms with Crippen LogP contribution in [0.4, 0.5) is 0 Å². The normalized spacial score (nSPS) is 11.8. The molecule has 1 aromatic rings. The molecule has 6 heteroatoms. The first-order valence-corrected chi connectivity index (χ1v) is 7.18. The minimum absolute atomic E-state index is 0.0463. The number of hydrogen-bond donors (Lipinski definition) is 0. The van der Waals surface area contributed by atoms with Gasteiger partial charge in [-0.05, 0) is 0 Å². The summed E-state index contributed by atoms with van der Waals surface area (Å²) >= 11 is 4.69. The number of halogens is 1. The van der Waals surface area contributed by atoms with Crippen molar-refractivity contribution < 1.29 is 8.42 Å². The highest BCUT2D eigenvalue weighted by Gasteiger charge is 2.08. The summed E-state index contributed by atoms with van der Waals surface area (Å²) in [6.07, 6.45) is 2.90. The lowest BCUT2D eigenvalue weighted by molar-refractivity contribution is 0.601. The Labute approximate surface area is 83.9 Å². The number of alkyl halides is 1. The highest BCUT2D eigenvalue weighted by Crippen LogP contribution is 2.17. The van der Waals surface area contributed by atoms with E-state index in [-0.39, 0.29) is 5.75 Å². The van der Waals surface area contributed by atoms with Crippen molar-refractivity contribution in [2.45, 2.75) is 11.1 Å². The Balaban J connectivity index is 2.78. The number of rotatable bonds is 3. The fraction of sp³-hybridized carbons (Fsp3) is 0.500. The number of thiazole rings is 1. The van der Waals surface area contributed by atoms with Gasteiger partial charge in [0.2, 0.25) is 0 Å². The Morgan fingerprint density at radius 3 is 2.75 bits per heavy atom. The van der Waals surface area contributed by atoms with Gasteiger partial charge in [0.1, 0.15) is 10.8 Å². The van der Waals surface area contributed by atoms with E-state index in [1.807, 2.05) is 0 Å². The third-order valence-electron chi connectivity index (χ3n) is 1.12. The molecule has 0 aliphatic rings. The summed E-state index contributed by atoms with van der Waals surface area (Å²) in [4.78, 5) is 5.03. The molecule has 0 amide bonds. The first-order chi connectivity index (χ1) is 5.51. The zero-order chi connectivity index (χ0) is 9.19. The Morgan fingerprint density at radius 2 is 2.33 bits per heavy atom. The van der Waals surface area contributed by atoms with E-state index >= 15 is 0 Å². The van der Waals surface area contributed by atoms with Crippen LogP contribution in [0.2, 0.25) is 0 Å². The lowest BCUT2D eigenvalue weighted by Gasteiger charge is -1.90. The van der Waals surface area contributed by atoms with Crippen molar-refractivity contribution in [1.82, 2.24) is 4.98 Å². The summed E-state index contributed by atoms with van der Waals surface area (Å²) in [5.41, 5.74) is 0. The molecule has 0 bridgehead atoms. The topological polar surface area (TPSA) is 47.0 Å². The second kappa shape index (κ2) is 3.85. The molecule has 0 aliphatic heterocycles. The summed E-state index contributed by atoms with van der Waals surface area (Å²) in [5, 5.41) is 1.39. The first-order valence-electron chi connectivity index (χ1n) is 3.18. The van der Waals surface area contributed by atoms with Crippen LogP contribution in [0.25, 0.3) is 0 Å². The van der Waals surface area contributed by atoms with Gasteiger partial charge in [-0.15, -0.1) is 11.3 Å². The van der Waals surface area contributed by atoms with E-state index in [1.165, 1.54) is 17.6 Å². The molecule has 1 aromatic heterocycles. The van der Waals surface area contributed by atoms with E-state index in [0.29, 0.717) is 5.01 Å². The van der Waals surface area contributed by atoms with Crippen LogP contribution in [-0.4, -0.2) is 19.7 Å². The van der Waals surface area contributed by atoms with Gasteiger partial charge in [0.25, 0.3) is 0 Å². The number of sulfone groups is 1. The highest BCUT2D eigenvalue weighted by atomic mass is 79.9. The summed E-state index contributed by atoms with van der Waals surface area (Å²) in [6.45, 7) is 0. The summed E-state index contributed by atoms with van der Waals surface area (Å²) in [6, 6.07) is 0. The fourth-order valence-electron chi connectivity index (χ4n) is 0.701. The zero-order valence-electron chi connectivity index (χ0n) is 6.45. The molecule has 0 atom stereocenters. The second-order valence-electron chi connectivity index (χ2n) is 2.42.